The molecule has 0 saturated heterocycles. The number of fused-ring (bicyclic) bond motifs is 1. The largest absolute Gasteiger partial charge is 0.477 e. The van der Waals surface area contributed by atoms with Crippen LogP contribution in [-0.2, 0) is 10.3 Å². The Labute approximate surface area is 147 Å². The van der Waals surface area contributed by atoms with Crippen LogP contribution in [0, 0.1) is 0 Å². The second-order valence-corrected chi connectivity index (χ2v) is 7.12. The molecule has 1 aromatic heterocycles. The van der Waals surface area contributed by atoms with Gasteiger partial charge in [-0.15, -0.1) is 5.10 Å². The molecule has 1 atom stereocenters. The van der Waals surface area contributed by atoms with E-state index in [0.29, 0.717) is 0 Å². The molecule has 2 aromatic carbocycles. The highest BCUT2D eigenvalue weighted by Gasteiger charge is 2.35. The maximum atomic E-state index is 6.31. The van der Waals surface area contributed by atoms with Crippen molar-refractivity contribution in [3.8, 4) is 0 Å². The Balaban J connectivity index is 1.80. The number of hydrogen-bond acceptors (Lipinski definition) is 4. The molecule has 0 radical (unpaired) electrons. The van der Waals surface area contributed by atoms with Crippen molar-refractivity contribution in [3.05, 3.63) is 77.1 Å². The van der Waals surface area contributed by atoms with Gasteiger partial charge in [0.05, 0.1) is 5.54 Å². The summed E-state index contributed by atoms with van der Waals surface area (Å²) >= 11 is 0. The van der Waals surface area contributed by atoms with Gasteiger partial charge >= 0.3 is 0 Å². The number of nitrogens with zero attached hydrogens (tertiary/aromatic N) is 4. The first-order chi connectivity index (χ1) is 12.0. The number of benzene rings is 2. The summed E-state index contributed by atoms with van der Waals surface area (Å²) in [5.41, 5.74) is 3.05. The van der Waals surface area contributed by atoms with E-state index in [1.165, 1.54) is 0 Å². The quantitative estimate of drug-likeness (QED) is 0.710. The second kappa shape index (κ2) is 5.84. The smallest absolute Gasteiger partial charge is 0.197 e. The second-order valence-electron chi connectivity index (χ2n) is 7.12. The maximum absolute atomic E-state index is 6.31. The van der Waals surface area contributed by atoms with Gasteiger partial charge in [-0.2, -0.15) is 0 Å². The molecule has 1 aliphatic heterocycles. The van der Waals surface area contributed by atoms with Crippen LogP contribution >= 0.6 is 0 Å². The summed E-state index contributed by atoms with van der Waals surface area (Å²) in [5, 5.41) is 12.3. The average Bonchev–Trinajstić information content (AvgIpc) is 3.21. The summed E-state index contributed by atoms with van der Waals surface area (Å²) in [6.45, 7) is 6.23. The van der Waals surface area contributed by atoms with E-state index in [4.69, 9.17) is 4.74 Å². The molecule has 0 bridgehead atoms. The zero-order valence-electron chi connectivity index (χ0n) is 14.5. The van der Waals surface area contributed by atoms with Crippen LogP contribution in [0.15, 0.2) is 54.6 Å². The van der Waals surface area contributed by atoms with Gasteiger partial charge in [-0.1, -0.05) is 54.6 Å². The SMILES string of the molecule is CC(C)(C)n1nnnc1C1O/C(=C\c2ccccc2)c2ccccc21. The summed E-state index contributed by atoms with van der Waals surface area (Å²) in [4.78, 5) is 0. The zero-order valence-corrected chi connectivity index (χ0v) is 14.5. The van der Waals surface area contributed by atoms with Crippen LogP contribution in [0.5, 0.6) is 0 Å². The van der Waals surface area contributed by atoms with E-state index < -0.39 is 0 Å². The Bertz CT molecular complexity index is 922. The van der Waals surface area contributed by atoms with E-state index in [0.717, 1.165) is 28.3 Å². The van der Waals surface area contributed by atoms with Gasteiger partial charge in [0.25, 0.3) is 0 Å². The average molecular weight is 332 g/mol. The first-order valence-corrected chi connectivity index (χ1v) is 8.35. The third-order valence-electron chi connectivity index (χ3n) is 4.21. The Kier molecular flexibility index (Phi) is 3.64. The topological polar surface area (TPSA) is 52.8 Å². The molecule has 2 heterocycles. The molecule has 25 heavy (non-hydrogen) atoms. The highest BCUT2D eigenvalue weighted by molar-refractivity contribution is 5.81. The molecule has 0 saturated carbocycles. The molecular formula is C20H20N4O. The highest BCUT2D eigenvalue weighted by Crippen LogP contribution is 2.42. The molecule has 0 amide bonds. The number of hydrogen-bond donors (Lipinski definition) is 0. The van der Waals surface area contributed by atoms with Crippen LogP contribution in [0.1, 0.15) is 49.4 Å². The first-order valence-electron chi connectivity index (χ1n) is 8.35. The summed E-state index contributed by atoms with van der Waals surface area (Å²) < 4.78 is 8.15. The van der Waals surface area contributed by atoms with Gasteiger partial charge in [-0.05, 0) is 42.8 Å². The molecule has 4 rings (SSSR count). The molecule has 0 aliphatic carbocycles. The lowest BCUT2D eigenvalue weighted by molar-refractivity contribution is 0.198. The van der Waals surface area contributed by atoms with Gasteiger partial charge in [-0.25, -0.2) is 4.68 Å². The molecule has 1 aliphatic rings. The van der Waals surface area contributed by atoms with Crippen molar-refractivity contribution in [3.63, 3.8) is 0 Å². The van der Waals surface area contributed by atoms with E-state index in [-0.39, 0.29) is 11.6 Å². The van der Waals surface area contributed by atoms with Crippen molar-refractivity contribution in [2.24, 2.45) is 0 Å². The minimum Gasteiger partial charge on any atom is -0.477 e. The van der Waals surface area contributed by atoms with Crippen LogP contribution in [0.3, 0.4) is 0 Å². The summed E-state index contributed by atoms with van der Waals surface area (Å²) in [5.74, 6) is 1.56. The maximum Gasteiger partial charge on any atom is 0.197 e. The van der Waals surface area contributed by atoms with Gasteiger partial charge in [0, 0.05) is 11.1 Å². The Morgan fingerprint density at radius 1 is 1.00 bits per heavy atom. The molecule has 0 N–H and O–H groups in total. The molecule has 1 unspecified atom stereocenters. The molecule has 0 spiro atoms. The molecule has 3 aromatic rings. The van der Waals surface area contributed by atoms with E-state index in [1.807, 2.05) is 35.0 Å². The van der Waals surface area contributed by atoms with Crippen molar-refractivity contribution in [2.75, 3.05) is 0 Å². The molecule has 5 heteroatoms. The number of tetrazole rings is 1. The van der Waals surface area contributed by atoms with Crippen LogP contribution in [0.4, 0.5) is 0 Å². The predicted molar refractivity (Wildman–Crippen MR) is 96.5 cm³/mol. The fraction of sp³-hybridized carbons (Fsp3) is 0.250. The fourth-order valence-corrected chi connectivity index (χ4v) is 3.04. The normalized spacial score (nSPS) is 18.2. The molecular weight excluding hydrogens is 312 g/mol. The minimum absolute atomic E-state index is 0.219. The van der Waals surface area contributed by atoms with Gasteiger partial charge in [0.2, 0.25) is 0 Å². The van der Waals surface area contributed by atoms with Crippen molar-refractivity contribution in [2.45, 2.75) is 32.4 Å². The van der Waals surface area contributed by atoms with Crippen molar-refractivity contribution in [1.29, 1.82) is 0 Å². The lowest BCUT2D eigenvalue weighted by Gasteiger charge is -2.22. The van der Waals surface area contributed by atoms with E-state index in [9.17, 15) is 0 Å². The Hall–Kier alpha value is -2.95. The molecule has 126 valence electrons. The lowest BCUT2D eigenvalue weighted by atomic mass is 10.0. The monoisotopic (exact) mass is 332 g/mol. The predicted octanol–water partition coefficient (Wildman–Crippen LogP) is 4.05. The summed E-state index contributed by atoms with van der Waals surface area (Å²) in [6.07, 6.45) is 1.75. The van der Waals surface area contributed by atoms with Crippen molar-refractivity contribution in [1.82, 2.24) is 20.2 Å². The van der Waals surface area contributed by atoms with E-state index >= 15 is 0 Å². The van der Waals surface area contributed by atoms with Gasteiger partial charge < -0.3 is 4.74 Å². The van der Waals surface area contributed by atoms with Gasteiger partial charge in [-0.3, -0.25) is 0 Å². The summed E-state index contributed by atoms with van der Waals surface area (Å²) in [6, 6.07) is 18.4. The van der Waals surface area contributed by atoms with Crippen LogP contribution in [0.25, 0.3) is 11.8 Å². The van der Waals surface area contributed by atoms with Gasteiger partial charge in [0.15, 0.2) is 11.9 Å². The third-order valence-corrected chi connectivity index (χ3v) is 4.21. The number of ether oxygens (including phenoxy) is 1. The zero-order chi connectivity index (χ0) is 17.4. The van der Waals surface area contributed by atoms with Gasteiger partial charge in [0.1, 0.15) is 5.76 Å². The molecule has 0 fully saturated rings. The van der Waals surface area contributed by atoms with Crippen molar-refractivity contribution < 1.29 is 4.74 Å². The van der Waals surface area contributed by atoms with Crippen LogP contribution in [-0.4, -0.2) is 20.2 Å². The number of aromatic nitrogens is 4. The third kappa shape index (κ3) is 2.82. The lowest BCUT2D eigenvalue weighted by Crippen LogP contribution is -2.27. The standard InChI is InChI=1S/C20H20N4O/c1-20(2,3)24-19(21-22-23-24)18-16-12-8-7-11-15(16)17(25-18)13-14-9-5-4-6-10-14/h4-13,18H,1-3H3/b17-13-. The van der Waals surface area contributed by atoms with Crippen molar-refractivity contribution >= 4 is 11.8 Å². The summed E-state index contributed by atoms with van der Waals surface area (Å²) in [7, 11) is 0. The Morgan fingerprint density at radius 3 is 2.48 bits per heavy atom. The molecule has 5 nitrogen and oxygen atoms in total. The first kappa shape index (κ1) is 15.6. The number of rotatable bonds is 2. The van der Waals surface area contributed by atoms with Crippen LogP contribution in [0.2, 0.25) is 0 Å². The van der Waals surface area contributed by atoms with E-state index in [1.54, 1.807) is 0 Å². The van der Waals surface area contributed by atoms with E-state index in [2.05, 4.69) is 66.6 Å². The van der Waals surface area contributed by atoms with Crippen LogP contribution < -0.4 is 0 Å². The highest BCUT2D eigenvalue weighted by atomic mass is 16.5. The Morgan fingerprint density at radius 2 is 1.72 bits per heavy atom. The fourth-order valence-electron chi connectivity index (χ4n) is 3.04. The minimum atomic E-state index is -0.305.